The average Bonchev–Trinajstić information content (AvgIpc) is 2.65. The molecule has 78 valence electrons. The van der Waals surface area contributed by atoms with Crippen molar-refractivity contribution in [3.8, 4) is 0 Å². The van der Waals surface area contributed by atoms with Gasteiger partial charge < -0.3 is 11.1 Å². The molecule has 0 spiro atoms. The van der Waals surface area contributed by atoms with E-state index in [4.69, 9.17) is 5.73 Å². The molecule has 0 aliphatic rings. The highest BCUT2D eigenvalue weighted by atomic mass is 16.1. The van der Waals surface area contributed by atoms with Crippen molar-refractivity contribution < 1.29 is 4.79 Å². The van der Waals surface area contributed by atoms with Crippen LogP contribution in [-0.4, -0.2) is 27.7 Å². The lowest BCUT2D eigenvalue weighted by atomic mass is 10.3. The van der Waals surface area contributed by atoms with Crippen molar-refractivity contribution in [1.82, 2.24) is 20.1 Å². The van der Waals surface area contributed by atoms with Gasteiger partial charge in [0.1, 0.15) is 6.33 Å². The Morgan fingerprint density at radius 1 is 1.71 bits per heavy atom. The van der Waals surface area contributed by atoms with Gasteiger partial charge in [-0.1, -0.05) is 0 Å². The predicted molar refractivity (Wildman–Crippen MR) is 51.2 cm³/mol. The largest absolute Gasteiger partial charge is 0.359 e. The van der Waals surface area contributed by atoms with Gasteiger partial charge in [-0.15, -0.1) is 0 Å². The fraction of sp³-hybridized carbons (Fsp3) is 0.625. The molecule has 6 nitrogen and oxygen atoms in total. The second-order valence-corrected chi connectivity index (χ2v) is 2.90. The van der Waals surface area contributed by atoms with E-state index in [9.17, 15) is 4.79 Å². The minimum absolute atomic E-state index is 0.0455. The fourth-order valence-corrected chi connectivity index (χ4v) is 1.06. The quantitative estimate of drug-likeness (QED) is 0.651. The summed E-state index contributed by atoms with van der Waals surface area (Å²) in [5, 5.41) is 6.66. The molecular weight excluding hydrogens is 182 g/mol. The molecule has 1 heterocycles. The van der Waals surface area contributed by atoms with E-state index in [1.54, 1.807) is 18.1 Å². The number of rotatable bonds is 5. The molecule has 0 fully saturated rings. The zero-order valence-corrected chi connectivity index (χ0v) is 8.23. The average molecular weight is 197 g/mol. The number of hydrogen-bond donors (Lipinski definition) is 2. The lowest BCUT2D eigenvalue weighted by molar-refractivity contribution is -0.120. The van der Waals surface area contributed by atoms with Gasteiger partial charge in [-0.05, 0) is 6.42 Å². The van der Waals surface area contributed by atoms with Gasteiger partial charge in [0.2, 0.25) is 5.91 Å². The molecule has 0 aliphatic heterocycles. The second-order valence-electron chi connectivity index (χ2n) is 2.90. The van der Waals surface area contributed by atoms with Crippen LogP contribution < -0.4 is 11.1 Å². The summed E-state index contributed by atoms with van der Waals surface area (Å²) in [6, 6.07) is 0. The van der Waals surface area contributed by atoms with Crippen LogP contribution in [0.2, 0.25) is 0 Å². The first-order chi connectivity index (χ1) is 6.76. The van der Waals surface area contributed by atoms with E-state index in [1.165, 1.54) is 0 Å². The third-order valence-electron chi connectivity index (χ3n) is 1.84. The minimum Gasteiger partial charge on any atom is -0.359 e. The summed E-state index contributed by atoms with van der Waals surface area (Å²) in [6.07, 6.45) is 2.90. The van der Waals surface area contributed by atoms with Gasteiger partial charge in [-0.25, -0.2) is 4.98 Å². The SMILES string of the molecule is CNC(=O)CCCn1cnc(CN)n1. The molecule has 0 aromatic carbocycles. The highest BCUT2D eigenvalue weighted by molar-refractivity contribution is 5.75. The number of nitrogens with one attached hydrogen (secondary N) is 1. The van der Waals surface area contributed by atoms with E-state index in [1.807, 2.05) is 0 Å². The summed E-state index contributed by atoms with van der Waals surface area (Å²) in [7, 11) is 1.63. The van der Waals surface area contributed by atoms with Gasteiger partial charge in [0.15, 0.2) is 5.82 Å². The summed E-state index contributed by atoms with van der Waals surface area (Å²) < 4.78 is 1.70. The maximum atomic E-state index is 10.9. The van der Waals surface area contributed by atoms with E-state index in [0.29, 0.717) is 25.3 Å². The van der Waals surface area contributed by atoms with Crippen molar-refractivity contribution in [3.63, 3.8) is 0 Å². The molecule has 0 saturated carbocycles. The third kappa shape index (κ3) is 3.14. The van der Waals surface area contributed by atoms with E-state index in [0.717, 1.165) is 6.42 Å². The number of nitrogens with two attached hydrogens (primary N) is 1. The number of nitrogens with zero attached hydrogens (tertiary/aromatic N) is 3. The van der Waals surface area contributed by atoms with Crippen molar-refractivity contribution >= 4 is 5.91 Å². The van der Waals surface area contributed by atoms with Crippen LogP contribution in [0.1, 0.15) is 18.7 Å². The van der Waals surface area contributed by atoms with Gasteiger partial charge in [0.05, 0.1) is 6.54 Å². The number of aryl methyl sites for hydroxylation is 1. The van der Waals surface area contributed by atoms with E-state index < -0.39 is 0 Å². The normalized spacial score (nSPS) is 10.1. The zero-order chi connectivity index (χ0) is 10.4. The van der Waals surface area contributed by atoms with E-state index >= 15 is 0 Å². The van der Waals surface area contributed by atoms with Crippen LogP contribution in [0.5, 0.6) is 0 Å². The first kappa shape index (κ1) is 10.6. The first-order valence-electron chi connectivity index (χ1n) is 4.55. The Hall–Kier alpha value is -1.43. The summed E-state index contributed by atoms with van der Waals surface area (Å²) in [5.41, 5.74) is 5.36. The van der Waals surface area contributed by atoms with Crippen molar-refractivity contribution in [1.29, 1.82) is 0 Å². The Balaban J connectivity index is 2.27. The van der Waals surface area contributed by atoms with Gasteiger partial charge >= 0.3 is 0 Å². The minimum atomic E-state index is 0.0455. The van der Waals surface area contributed by atoms with Gasteiger partial charge in [-0.3, -0.25) is 9.48 Å². The molecule has 0 saturated heterocycles. The van der Waals surface area contributed by atoms with Gasteiger partial charge in [0, 0.05) is 20.0 Å². The van der Waals surface area contributed by atoms with Crippen LogP contribution in [-0.2, 0) is 17.9 Å². The summed E-state index contributed by atoms with van der Waals surface area (Å²) in [4.78, 5) is 14.9. The van der Waals surface area contributed by atoms with Crippen LogP contribution in [0.25, 0.3) is 0 Å². The smallest absolute Gasteiger partial charge is 0.219 e. The Kier molecular flexibility index (Phi) is 4.06. The molecule has 1 aromatic heterocycles. The monoisotopic (exact) mass is 197 g/mol. The molecule has 3 N–H and O–H groups in total. The summed E-state index contributed by atoms with van der Waals surface area (Å²) >= 11 is 0. The van der Waals surface area contributed by atoms with Gasteiger partial charge in [-0.2, -0.15) is 5.10 Å². The standard InChI is InChI=1S/C8H15N5O/c1-10-8(14)3-2-4-13-6-11-7(5-9)12-13/h6H,2-5,9H2,1H3,(H,10,14). The molecule has 0 radical (unpaired) electrons. The molecule has 1 rings (SSSR count). The predicted octanol–water partition coefficient (Wildman–Crippen LogP) is -0.737. The number of hydrogen-bond acceptors (Lipinski definition) is 4. The van der Waals surface area contributed by atoms with Crippen LogP contribution >= 0.6 is 0 Å². The van der Waals surface area contributed by atoms with Gasteiger partial charge in [0.25, 0.3) is 0 Å². The molecule has 1 amide bonds. The molecule has 6 heteroatoms. The lowest BCUT2D eigenvalue weighted by Gasteiger charge is -1.99. The fourth-order valence-electron chi connectivity index (χ4n) is 1.06. The number of amides is 1. The van der Waals surface area contributed by atoms with Crippen LogP contribution in [0.4, 0.5) is 0 Å². The van der Waals surface area contributed by atoms with Crippen molar-refractivity contribution in [2.24, 2.45) is 5.73 Å². The molecule has 0 bridgehead atoms. The second kappa shape index (κ2) is 5.33. The summed E-state index contributed by atoms with van der Waals surface area (Å²) in [5.74, 6) is 0.675. The highest BCUT2D eigenvalue weighted by Crippen LogP contribution is 1.94. The van der Waals surface area contributed by atoms with Crippen LogP contribution in [0, 0.1) is 0 Å². The number of aromatic nitrogens is 3. The van der Waals surface area contributed by atoms with Crippen LogP contribution in [0.3, 0.4) is 0 Å². The van der Waals surface area contributed by atoms with E-state index in [2.05, 4.69) is 15.4 Å². The first-order valence-corrected chi connectivity index (χ1v) is 4.55. The Morgan fingerprint density at radius 2 is 2.50 bits per heavy atom. The maximum absolute atomic E-state index is 10.9. The van der Waals surface area contributed by atoms with Crippen molar-refractivity contribution in [3.05, 3.63) is 12.2 Å². The number of carbonyl (C=O) groups is 1. The lowest BCUT2D eigenvalue weighted by Crippen LogP contribution is -2.17. The topological polar surface area (TPSA) is 85.8 Å². The molecule has 1 aromatic rings. The molecule has 0 aliphatic carbocycles. The van der Waals surface area contributed by atoms with Crippen LogP contribution in [0.15, 0.2) is 6.33 Å². The van der Waals surface area contributed by atoms with Crippen molar-refractivity contribution in [2.45, 2.75) is 25.9 Å². The zero-order valence-electron chi connectivity index (χ0n) is 8.23. The van der Waals surface area contributed by atoms with E-state index in [-0.39, 0.29) is 5.91 Å². The highest BCUT2D eigenvalue weighted by Gasteiger charge is 2.00. The maximum Gasteiger partial charge on any atom is 0.219 e. The molecule has 14 heavy (non-hydrogen) atoms. The summed E-state index contributed by atoms with van der Waals surface area (Å²) in [6.45, 7) is 1.04. The third-order valence-corrected chi connectivity index (χ3v) is 1.84. The molecular formula is C8H15N5O. The number of carbonyl (C=O) groups excluding carboxylic acids is 1. The Morgan fingerprint density at radius 3 is 3.07 bits per heavy atom. The van der Waals surface area contributed by atoms with Crippen molar-refractivity contribution in [2.75, 3.05) is 7.05 Å². The molecule has 0 atom stereocenters. The Labute approximate surface area is 82.5 Å². The molecule has 0 unspecified atom stereocenters. The Bertz CT molecular complexity index is 296.